The predicted molar refractivity (Wildman–Crippen MR) is 84.4 cm³/mol. The summed E-state index contributed by atoms with van der Waals surface area (Å²) in [4.78, 5) is 14.3. The van der Waals surface area contributed by atoms with E-state index in [1.807, 2.05) is 4.57 Å². The molecule has 23 heavy (non-hydrogen) atoms. The molecule has 1 aliphatic heterocycles. The van der Waals surface area contributed by atoms with Crippen molar-refractivity contribution in [2.75, 3.05) is 13.1 Å². The number of piperidine rings is 1. The van der Waals surface area contributed by atoms with Crippen molar-refractivity contribution in [2.24, 2.45) is 5.92 Å². The topological polar surface area (TPSA) is 51.0 Å². The first-order valence-corrected chi connectivity index (χ1v) is 8.09. The quantitative estimate of drug-likeness (QED) is 0.871. The van der Waals surface area contributed by atoms with E-state index in [0.717, 1.165) is 31.6 Å². The summed E-state index contributed by atoms with van der Waals surface area (Å²) < 4.78 is 15.9. The molecule has 1 aliphatic rings. The average Bonchev–Trinajstić information content (AvgIpc) is 3.02. The van der Waals surface area contributed by atoms with Gasteiger partial charge in [0.2, 0.25) is 0 Å². The molecule has 1 amide bonds. The van der Waals surface area contributed by atoms with E-state index in [0.29, 0.717) is 19.0 Å². The Morgan fingerprint density at radius 3 is 3.00 bits per heavy atom. The number of amides is 1. The molecular formula is C17H21FN4O. The Morgan fingerprint density at radius 1 is 1.39 bits per heavy atom. The number of carbonyl (C=O) groups is 1. The zero-order chi connectivity index (χ0) is 16.2. The highest BCUT2D eigenvalue weighted by Crippen LogP contribution is 2.22. The van der Waals surface area contributed by atoms with Crippen LogP contribution in [0.5, 0.6) is 0 Å². The molecule has 0 spiro atoms. The van der Waals surface area contributed by atoms with Crippen molar-refractivity contribution in [3.63, 3.8) is 0 Å². The first-order valence-electron chi connectivity index (χ1n) is 8.09. The maximum Gasteiger partial charge on any atom is 0.256 e. The minimum absolute atomic E-state index is 0.157. The van der Waals surface area contributed by atoms with Crippen LogP contribution in [0.1, 0.15) is 35.9 Å². The molecule has 0 radical (unpaired) electrons. The van der Waals surface area contributed by atoms with Crippen LogP contribution in [0, 0.1) is 11.7 Å². The van der Waals surface area contributed by atoms with Crippen LogP contribution in [0.15, 0.2) is 30.6 Å². The Bertz CT molecular complexity index is 685. The average molecular weight is 316 g/mol. The zero-order valence-corrected chi connectivity index (χ0v) is 13.3. The lowest BCUT2D eigenvalue weighted by Gasteiger charge is -2.32. The van der Waals surface area contributed by atoms with E-state index in [-0.39, 0.29) is 11.5 Å². The van der Waals surface area contributed by atoms with Crippen LogP contribution in [-0.4, -0.2) is 38.7 Å². The molecule has 5 nitrogen and oxygen atoms in total. The van der Waals surface area contributed by atoms with Gasteiger partial charge in [0.05, 0.1) is 5.56 Å². The second kappa shape index (κ2) is 6.89. The van der Waals surface area contributed by atoms with Crippen molar-refractivity contribution in [1.29, 1.82) is 0 Å². The molecule has 122 valence electrons. The van der Waals surface area contributed by atoms with Gasteiger partial charge in [-0.2, -0.15) is 0 Å². The zero-order valence-electron chi connectivity index (χ0n) is 13.3. The number of rotatable bonds is 4. The lowest BCUT2D eigenvalue weighted by molar-refractivity contribution is 0.0667. The smallest absolute Gasteiger partial charge is 0.256 e. The Hall–Kier alpha value is -2.24. The van der Waals surface area contributed by atoms with E-state index in [2.05, 4.69) is 17.1 Å². The first-order chi connectivity index (χ1) is 11.2. The van der Waals surface area contributed by atoms with Crippen LogP contribution in [0.25, 0.3) is 0 Å². The molecule has 1 fully saturated rings. The van der Waals surface area contributed by atoms with Gasteiger partial charge in [0.1, 0.15) is 18.0 Å². The van der Waals surface area contributed by atoms with E-state index in [1.54, 1.807) is 29.4 Å². The summed E-state index contributed by atoms with van der Waals surface area (Å²) in [5, 5.41) is 8.13. The number of aromatic nitrogens is 3. The second-order valence-corrected chi connectivity index (χ2v) is 5.98. The van der Waals surface area contributed by atoms with Crippen LogP contribution in [-0.2, 0) is 13.0 Å². The Kier molecular flexibility index (Phi) is 4.69. The van der Waals surface area contributed by atoms with Crippen molar-refractivity contribution >= 4 is 5.91 Å². The third kappa shape index (κ3) is 3.41. The van der Waals surface area contributed by atoms with Gasteiger partial charge in [0, 0.05) is 26.1 Å². The normalized spacial score (nSPS) is 18.2. The van der Waals surface area contributed by atoms with Gasteiger partial charge >= 0.3 is 0 Å². The molecule has 2 heterocycles. The number of hydrogen-bond acceptors (Lipinski definition) is 3. The first kappa shape index (κ1) is 15.6. The van der Waals surface area contributed by atoms with Crippen LogP contribution < -0.4 is 0 Å². The highest BCUT2D eigenvalue weighted by Gasteiger charge is 2.26. The molecule has 1 saturated heterocycles. The molecule has 1 atom stereocenters. The predicted octanol–water partition coefficient (Wildman–Crippen LogP) is 2.53. The molecular weight excluding hydrogens is 295 g/mol. The fourth-order valence-electron chi connectivity index (χ4n) is 3.18. The van der Waals surface area contributed by atoms with Gasteiger partial charge in [-0.25, -0.2) is 4.39 Å². The molecule has 0 N–H and O–H groups in total. The maximum atomic E-state index is 13.8. The van der Waals surface area contributed by atoms with Gasteiger partial charge in [-0.3, -0.25) is 4.79 Å². The summed E-state index contributed by atoms with van der Waals surface area (Å²) in [6, 6.07) is 6.18. The number of hydrogen-bond donors (Lipinski definition) is 0. The highest BCUT2D eigenvalue weighted by molar-refractivity contribution is 5.94. The van der Waals surface area contributed by atoms with E-state index in [4.69, 9.17) is 0 Å². The SMILES string of the molecule is CCn1cnnc1CC1CCCN(C(=O)c2ccccc2F)C1. The standard InChI is InChI=1S/C17H21FN4O/c1-2-21-12-19-20-16(21)10-13-6-5-9-22(11-13)17(23)14-7-3-4-8-15(14)18/h3-4,7-8,12-13H,2,5-6,9-11H2,1H3. The molecule has 2 aromatic rings. The lowest BCUT2D eigenvalue weighted by atomic mass is 9.94. The monoisotopic (exact) mass is 316 g/mol. The number of carbonyl (C=O) groups excluding carboxylic acids is 1. The van der Waals surface area contributed by atoms with Crippen LogP contribution in [0.4, 0.5) is 4.39 Å². The fraction of sp³-hybridized carbons (Fsp3) is 0.471. The molecule has 0 saturated carbocycles. The molecule has 1 aromatic carbocycles. The summed E-state index contributed by atoms with van der Waals surface area (Å²) in [5.74, 6) is 0.627. The molecule has 0 aliphatic carbocycles. The summed E-state index contributed by atoms with van der Waals surface area (Å²) in [6.45, 7) is 4.22. The molecule has 6 heteroatoms. The van der Waals surface area contributed by atoms with E-state index in [9.17, 15) is 9.18 Å². The third-order valence-electron chi connectivity index (χ3n) is 4.42. The van der Waals surface area contributed by atoms with Gasteiger partial charge in [-0.05, 0) is 37.8 Å². The maximum absolute atomic E-state index is 13.8. The Balaban J connectivity index is 1.69. The van der Waals surface area contributed by atoms with Crippen molar-refractivity contribution in [1.82, 2.24) is 19.7 Å². The molecule has 3 rings (SSSR count). The van der Waals surface area contributed by atoms with Gasteiger partial charge in [-0.15, -0.1) is 10.2 Å². The van der Waals surface area contributed by atoms with Crippen molar-refractivity contribution in [3.8, 4) is 0 Å². The number of halogens is 1. The van der Waals surface area contributed by atoms with Gasteiger partial charge in [0.15, 0.2) is 0 Å². The Labute approximate surface area is 135 Å². The van der Waals surface area contributed by atoms with Crippen molar-refractivity contribution in [2.45, 2.75) is 32.7 Å². The van der Waals surface area contributed by atoms with Gasteiger partial charge in [0.25, 0.3) is 5.91 Å². The number of benzene rings is 1. The minimum Gasteiger partial charge on any atom is -0.338 e. The summed E-state index contributed by atoms with van der Waals surface area (Å²) in [7, 11) is 0. The fourth-order valence-corrected chi connectivity index (χ4v) is 3.18. The van der Waals surface area contributed by atoms with Crippen LogP contribution >= 0.6 is 0 Å². The highest BCUT2D eigenvalue weighted by atomic mass is 19.1. The minimum atomic E-state index is -0.453. The van der Waals surface area contributed by atoms with Crippen LogP contribution in [0.3, 0.4) is 0 Å². The molecule has 1 aromatic heterocycles. The second-order valence-electron chi connectivity index (χ2n) is 5.98. The Morgan fingerprint density at radius 2 is 2.22 bits per heavy atom. The molecule has 1 unspecified atom stereocenters. The largest absolute Gasteiger partial charge is 0.338 e. The van der Waals surface area contributed by atoms with E-state index < -0.39 is 5.82 Å². The lowest BCUT2D eigenvalue weighted by Crippen LogP contribution is -2.41. The van der Waals surface area contributed by atoms with Crippen LogP contribution in [0.2, 0.25) is 0 Å². The summed E-state index contributed by atoms with van der Waals surface area (Å²) >= 11 is 0. The number of nitrogens with zero attached hydrogens (tertiary/aromatic N) is 4. The van der Waals surface area contributed by atoms with Gasteiger partial charge < -0.3 is 9.47 Å². The third-order valence-corrected chi connectivity index (χ3v) is 4.42. The van der Waals surface area contributed by atoms with Crippen molar-refractivity contribution in [3.05, 3.63) is 47.8 Å². The van der Waals surface area contributed by atoms with Gasteiger partial charge in [-0.1, -0.05) is 12.1 Å². The van der Waals surface area contributed by atoms with E-state index in [1.165, 1.54) is 6.07 Å². The number of likely N-dealkylation sites (tertiary alicyclic amines) is 1. The van der Waals surface area contributed by atoms with Crippen molar-refractivity contribution < 1.29 is 9.18 Å². The summed E-state index contributed by atoms with van der Waals surface area (Å²) in [6.07, 6.45) is 4.53. The molecule has 0 bridgehead atoms. The van der Waals surface area contributed by atoms with E-state index >= 15 is 0 Å². The number of aryl methyl sites for hydroxylation is 1. The summed E-state index contributed by atoms with van der Waals surface area (Å²) in [5.41, 5.74) is 0.157.